The van der Waals surface area contributed by atoms with Crippen LogP contribution in [0.4, 0.5) is 15.8 Å². The van der Waals surface area contributed by atoms with E-state index >= 15 is 0 Å². The molecule has 0 unspecified atom stereocenters. The van der Waals surface area contributed by atoms with Crippen molar-refractivity contribution in [3.05, 3.63) is 82.7 Å². The first-order valence-electron chi connectivity index (χ1n) is 8.91. The lowest BCUT2D eigenvalue weighted by Crippen LogP contribution is -2.20. The number of para-hydroxylation sites is 2. The van der Waals surface area contributed by atoms with Crippen molar-refractivity contribution in [1.82, 2.24) is 9.97 Å². The maximum absolute atomic E-state index is 13.4. The highest BCUT2D eigenvalue weighted by atomic mass is 19.1. The molecule has 8 nitrogen and oxygen atoms in total. The Kier molecular flexibility index (Phi) is 5.08. The van der Waals surface area contributed by atoms with Crippen molar-refractivity contribution in [3.8, 4) is 17.1 Å². The highest BCUT2D eigenvalue weighted by Crippen LogP contribution is 2.26. The van der Waals surface area contributed by atoms with Gasteiger partial charge in [-0.25, -0.2) is 9.37 Å². The molecular formula is C21H15FN4O4. The number of halogens is 1. The number of nitrogens with one attached hydrogen (secondary N) is 2. The van der Waals surface area contributed by atoms with Gasteiger partial charge in [-0.05, 0) is 36.4 Å². The van der Waals surface area contributed by atoms with Crippen molar-refractivity contribution in [2.24, 2.45) is 0 Å². The molecule has 0 fully saturated rings. The minimum Gasteiger partial charge on any atom is -0.477 e. The molecule has 0 bridgehead atoms. The molecule has 4 rings (SSSR count). The first kappa shape index (κ1) is 19.1. The zero-order valence-corrected chi connectivity index (χ0v) is 15.5. The minimum absolute atomic E-state index is 0.0152. The standard InChI is InChI=1S/C21H15FN4O4/c22-14-5-3-4-13(10-14)21-24-16-9-8-15(11-17(16)25-21)23-20(27)12-30-19-7-2-1-6-18(19)26(28)29/h1-11H,12H2,(H,23,27)(H,24,25). The molecule has 0 aliphatic heterocycles. The summed E-state index contributed by atoms with van der Waals surface area (Å²) < 4.78 is 18.7. The Bertz CT molecular complexity index is 1250. The van der Waals surface area contributed by atoms with E-state index in [0.29, 0.717) is 28.1 Å². The quantitative estimate of drug-likeness (QED) is 0.367. The summed E-state index contributed by atoms with van der Waals surface area (Å²) >= 11 is 0. The number of aromatic amines is 1. The van der Waals surface area contributed by atoms with Crippen LogP contribution in [0.15, 0.2) is 66.7 Å². The van der Waals surface area contributed by atoms with Crippen molar-refractivity contribution in [3.63, 3.8) is 0 Å². The van der Waals surface area contributed by atoms with Crippen molar-refractivity contribution < 1.29 is 18.8 Å². The van der Waals surface area contributed by atoms with Gasteiger partial charge in [0.15, 0.2) is 12.4 Å². The SMILES string of the molecule is O=C(COc1ccccc1[N+](=O)[O-])Nc1ccc2nc(-c3cccc(F)c3)[nH]c2c1. The van der Waals surface area contributed by atoms with Crippen LogP contribution in [0.25, 0.3) is 22.4 Å². The van der Waals surface area contributed by atoms with Gasteiger partial charge in [0.25, 0.3) is 5.91 Å². The highest BCUT2D eigenvalue weighted by molar-refractivity contribution is 5.94. The molecule has 3 aromatic carbocycles. The van der Waals surface area contributed by atoms with Crippen LogP contribution in [-0.4, -0.2) is 27.4 Å². The van der Waals surface area contributed by atoms with Gasteiger partial charge in [-0.2, -0.15) is 0 Å². The first-order chi connectivity index (χ1) is 14.5. The Balaban J connectivity index is 1.46. The van der Waals surface area contributed by atoms with Crippen LogP contribution in [0.1, 0.15) is 0 Å². The number of fused-ring (bicyclic) bond motifs is 1. The fourth-order valence-corrected chi connectivity index (χ4v) is 2.93. The van der Waals surface area contributed by atoms with Crippen molar-refractivity contribution >= 4 is 28.3 Å². The number of aromatic nitrogens is 2. The number of carbonyl (C=O) groups excluding carboxylic acids is 1. The maximum Gasteiger partial charge on any atom is 0.310 e. The molecule has 0 saturated carbocycles. The van der Waals surface area contributed by atoms with Gasteiger partial charge in [-0.15, -0.1) is 0 Å². The number of hydrogen-bond acceptors (Lipinski definition) is 5. The van der Waals surface area contributed by atoms with Gasteiger partial charge < -0.3 is 15.0 Å². The molecule has 150 valence electrons. The Hall–Kier alpha value is -4.27. The number of benzene rings is 3. The topological polar surface area (TPSA) is 110 Å². The number of nitrogens with zero attached hydrogens (tertiary/aromatic N) is 2. The van der Waals surface area contributed by atoms with Gasteiger partial charge in [-0.3, -0.25) is 14.9 Å². The average Bonchev–Trinajstić information content (AvgIpc) is 3.16. The molecule has 2 N–H and O–H groups in total. The molecule has 0 saturated heterocycles. The first-order valence-corrected chi connectivity index (χ1v) is 8.91. The summed E-state index contributed by atoms with van der Waals surface area (Å²) in [6, 6.07) is 17.0. The lowest BCUT2D eigenvalue weighted by atomic mass is 10.2. The molecule has 0 aliphatic carbocycles. The summed E-state index contributed by atoms with van der Waals surface area (Å²) in [4.78, 5) is 30.1. The molecule has 0 aliphatic rings. The van der Waals surface area contributed by atoms with Crippen LogP contribution in [0.2, 0.25) is 0 Å². The minimum atomic E-state index is -0.574. The van der Waals surface area contributed by atoms with E-state index in [4.69, 9.17) is 4.74 Å². The molecule has 1 aromatic heterocycles. The van der Waals surface area contributed by atoms with E-state index < -0.39 is 10.8 Å². The third kappa shape index (κ3) is 4.09. The molecule has 4 aromatic rings. The second-order valence-electron chi connectivity index (χ2n) is 6.39. The summed E-state index contributed by atoms with van der Waals surface area (Å²) in [6.45, 7) is -0.388. The lowest BCUT2D eigenvalue weighted by molar-refractivity contribution is -0.385. The monoisotopic (exact) mass is 406 g/mol. The summed E-state index contributed by atoms with van der Waals surface area (Å²) in [6.07, 6.45) is 0. The fourth-order valence-electron chi connectivity index (χ4n) is 2.93. The number of H-pyrrole nitrogens is 1. The van der Waals surface area contributed by atoms with E-state index in [0.717, 1.165) is 0 Å². The molecule has 0 radical (unpaired) electrons. The maximum atomic E-state index is 13.4. The number of carbonyl (C=O) groups is 1. The van der Waals surface area contributed by atoms with Crippen LogP contribution in [0.3, 0.4) is 0 Å². The summed E-state index contributed by atoms with van der Waals surface area (Å²) in [5.41, 5.74) is 2.20. The number of rotatable bonds is 6. The Labute approximate surface area is 169 Å². The summed E-state index contributed by atoms with van der Waals surface area (Å²) in [5, 5.41) is 13.7. The van der Waals surface area contributed by atoms with Gasteiger partial charge in [0.2, 0.25) is 0 Å². The van der Waals surface area contributed by atoms with Crippen molar-refractivity contribution in [2.75, 3.05) is 11.9 Å². The fraction of sp³-hybridized carbons (Fsp3) is 0.0476. The van der Waals surface area contributed by atoms with Gasteiger partial charge in [0.05, 0.1) is 16.0 Å². The van der Waals surface area contributed by atoms with Crippen molar-refractivity contribution in [1.29, 1.82) is 0 Å². The molecule has 0 atom stereocenters. The molecule has 9 heteroatoms. The number of ether oxygens (including phenoxy) is 1. The van der Waals surface area contributed by atoms with Crippen LogP contribution in [-0.2, 0) is 4.79 Å². The third-order valence-electron chi connectivity index (χ3n) is 4.28. The van der Waals surface area contributed by atoms with E-state index in [-0.39, 0.29) is 23.9 Å². The van der Waals surface area contributed by atoms with Crippen LogP contribution < -0.4 is 10.1 Å². The predicted molar refractivity (Wildman–Crippen MR) is 109 cm³/mol. The summed E-state index contributed by atoms with van der Waals surface area (Å²) in [7, 11) is 0. The number of nitro benzene ring substituents is 1. The van der Waals surface area contributed by atoms with E-state index in [1.54, 1.807) is 36.4 Å². The molecular weight excluding hydrogens is 391 g/mol. The molecule has 1 amide bonds. The third-order valence-corrected chi connectivity index (χ3v) is 4.28. The van der Waals surface area contributed by atoms with Crippen LogP contribution in [0.5, 0.6) is 5.75 Å². The zero-order valence-electron chi connectivity index (χ0n) is 15.5. The van der Waals surface area contributed by atoms with Gasteiger partial charge in [0, 0.05) is 17.3 Å². The number of nitro groups is 1. The number of amides is 1. The normalized spacial score (nSPS) is 10.7. The van der Waals surface area contributed by atoms with Crippen LogP contribution >= 0.6 is 0 Å². The molecule has 30 heavy (non-hydrogen) atoms. The van der Waals surface area contributed by atoms with E-state index in [1.807, 2.05) is 0 Å². The van der Waals surface area contributed by atoms with E-state index in [9.17, 15) is 19.3 Å². The Morgan fingerprint density at radius 1 is 1.13 bits per heavy atom. The number of anilines is 1. The van der Waals surface area contributed by atoms with Gasteiger partial charge >= 0.3 is 5.69 Å². The molecule has 0 spiro atoms. The lowest BCUT2D eigenvalue weighted by Gasteiger charge is -2.07. The highest BCUT2D eigenvalue weighted by Gasteiger charge is 2.15. The summed E-state index contributed by atoms with van der Waals surface area (Å²) in [5.74, 6) is -0.314. The Morgan fingerprint density at radius 2 is 1.97 bits per heavy atom. The zero-order chi connectivity index (χ0) is 21.1. The largest absolute Gasteiger partial charge is 0.477 e. The molecule has 1 heterocycles. The van der Waals surface area contributed by atoms with Gasteiger partial charge in [-0.1, -0.05) is 24.3 Å². The number of hydrogen-bond donors (Lipinski definition) is 2. The van der Waals surface area contributed by atoms with Crippen molar-refractivity contribution in [2.45, 2.75) is 0 Å². The van der Waals surface area contributed by atoms with Crippen LogP contribution in [0, 0.1) is 15.9 Å². The van der Waals surface area contributed by atoms with E-state index in [1.165, 1.54) is 30.3 Å². The number of imidazole rings is 1. The predicted octanol–water partition coefficient (Wildman–Crippen LogP) is 4.29. The van der Waals surface area contributed by atoms with E-state index in [2.05, 4.69) is 15.3 Å². The smallest absolute Gasteiger partial charge is 0.310 e. The van der Waals surface area contributed by atoms with Gasteiger partial charge in [0.1, 0.15) is 11.6 Å². The average molecular weight is 406 g/mol. The Morgan fingerprint density at radius 3 is 2.77 bits per heavy atom. The second kappa shape index (κ2) is 8.00. The second-order valence-corrected chi connectivity index (χ2v) is 6.39.